The van der Waals surface area contributed by atoms with Crippen LogP contribution in [-0.4, -0.2) is 23.4 Å². The van der Waals surface area contributed by atoms with Gasteiger partial charge in [-0.05, 0) is 93.3 Å². The predicted molar refractivity (Wildman–Crippen MR) is 146 cm³/mol. The van der Waals surface area contributed by atoms with Gasteiger partial charge in [-0.2, -0.15) is 8.42 Å². The number of rotatable bonds is 6. The lowest BCUT2D eigenvalue weighted by molar-refractivity contribution is 0.103. The van der Waals surface area contributed by atoms with Crippen LogP contribution in [0.4, 0.5) is 0 Å². The Labute approximate surface area is 222 Å². The number of hydrogen-bond donors (Lipinski definition) is 0. The van der Waals surface area contributed by atoms with Crippen LogP contribution in [0.2, 0.25) is 0 Å². The molecule has 4 rings (SSSR count). The first-order valence-electron chi connectivity index (χ1n) is 11.5. The second kappa shape index (κ2) is 11.5. The maximum absolute atomic E-state index is 13.5. The molecule has 0 radical (unpaired) electrons. The minimum absolute atomic E-state index is 0.0919. The van der Waals surface area contributed by atoms with Crippen LogP contribution in [0.3, 0.4) is 0 Å². The summed E-state index contributed by atoms with van der Waals surface area (Å²) >= 11 is 10.1. The molecule has 36 heavy (non-hydrogen) atoms. The monoisotopic (exact) mass is 545 g/mol. The third-order valence-electron chi connectivity index (χ3n) is 5.58. The number of carbonyl (C=O) groups is 1. The van der Waals surface area contributed by atoms with Crippen molar-refractivity contribution in [2.45, 2.75) is 50.8 Å². The van der Waals surface area contributed by atoms with E-state index >= 15 is 0 Å². The fraction of sp³-hybridized carbons (Fsp3) is 0.250. The Hall–Kier alpha value is -2.80. The molecule has 2 aromatic heterocycles. The van der Waals surface area contributed by atoms with Gasteiger partial charge in [-0.1, -0.05) is 30.7 Å². The Morgan fingerprint density at radius 1 is 0.972 bits per heavy atom. The first kappa shape index (κ1) is 27.8. The molecule has 190 valence electrons. The molecule has 0 amide bonds. The van der Waals surface area contributed by atoms with Crippen LogP contribution in [0.15, 0.2) is 71.8 Å². The molecule has 0 fully saturated rings. The van der Waals surface area contributed by atoms with Crippen LogP contribution < -0.4 is 4.18 Å². The predicted octanol–water partition coefficient (Wildman–Crippen LogP) is 7.24. The minimum Gasteiger partial charge on any atom is -0.378 e. The molecule has 0 aliphatic rings. The van der Waals surface area contributed by atoms with Crippen molar-refractivity contribution in [2.75, 3.05) is 0 Å². The fourth-order valence-electron chi connectivity index (χ4n) is 3.92. The molecule has 2 heterocycles. The average molecular weight is 547 g/mol. The standard InChI is InChI=1S/C26H25NO4S.C2H4Cl2/c1-5-20-16-22-8-6-7-13-27(22)24(20)25(28)21-14-18(3)26(19(4)15-21)31-32(29,30)23-11-9-17(2)10-12-23;1-2(3)4/h6-16H,5H2,1-4H3;2H,1H3. The van der Waals surface area contributed by atoms with Crippen LogP contribution in [0, 0.1) is 20.8 Å². The number of hydrogen-bond acceptors (Lipinski definition) is 4. The van der Waals surface area contributed by atoms with Crippen molar-refractivity contribution in [3.05, 3.63) is 100 Å². The molecular formula is C28H29Cl2NO4S. The molecule has 5 nitrogen and oxygen atoms in total. The van der Waals surface area contributed by atoms with E-state index in [1.54, 1.807) is 45.0 Å². The third-order valence-corrected chi connectivity index (χ3v) is 6.82. The van der Waals surface area contributed by atoms with Crippen LogP contribution in [-0.2, 0) is 16.5 Å². The Bertz CT molecular complexity index is 1460. The zero-order valence-corrected chi connectivity index (χ0v) is 23.2. The summed E-state index contributed by atoms with van der Waals surface area (Å²) in [5.74, 6) is 0.144. The Balaban J connectivity index is 0.000000840. The van der Waals surface area contributed by atoms with Gasteiger partial charge in [-0.3, -0.25) is 4.79 Å². The summed E-state index contributed by atoms with van der Waals surface area (Å²) in [7, 11) is -3.98. The average Bonchev–Trinajstić information content (AvgIpc) is 3.19. The topological polar surface area (TPSA) is 64.8 Å². The van der Waals surface area contributed by atoms with E-state index < -0.39 is 10.1 Å². The quantitative estimate of drug-likeness (QED) is 0.145. The molecule has 0 saturated carbocycles. The van der Waals surface area contributed by atoms with E-state index in [-0.39, 0.29) is 21.3 Å². The van der Waals surface area contributed by atoms with Gasteiger partial charge in [0.15, 0.2) is 0 Å². The maximum atomic E-state index is 13.5. The molecule has 0 bridgehead atoms. The number of pyridine rings is 1. The second-order valence-electron chi connectivity index (χ2n) is 8.50. The molecule has 0 aliphatic carbocycles. The summed E-state index contributed by atoms with van der Waals surface area (Å²) in [4.78, 5) is 13.3. The van der Waals surface area contributed by atoms with E-state index in [1.165, 1.54) is 12.1 Å². The Morgan fingerprint density at radius 3 is 2.11 bits per heavy atom. The maximum Gasteiger partial charge on any atom is 0.339 e. The zero-order valence-electron chi connectivity index (χ0n) is 20.9. The number of carbonyl (C=O) groups excluding carboxylic acids is 1. The van der Waals surface area contributed by atoms with Crippen molar-refractivity contribution in [1.82, 2.24) is 4.40 Å². The number of nitrogens with zero attached hydrogens (tertiary/aromatic N) is 1. The van der Waals surface area contributed by atoms with Crippen molar-refractivity contribution < 1.29 is 17.4 Å². The van der Waals surface area contributed by atoms with Gasteiger partial charge in [0.05, 0.1) is 5.69 Å². The van der Waals surface area contributed by atoms with Gasteiger partial charge in [0, 0.05) is 17.3 Å². The van der Waals surface area contributed by atoms with Gasteiger partial charge in [0.1, 0.15) is 15.5 Å². The van der Waals surface area contributed by atoms with Crippen molar-refractivity contribution in [1.29, 1.82) is 0 Å². The molecular weight excluding hydrogens is 517 g/mol. The van der Waals surface area contributed by atoms with E-state index in [4.69, 9.17) is 27.4 Å². The highest BCUT2D eigenvalue weighted by Crippen LogP contribution is 2.30. The molecule has 0 atom stereocenters. The largest absolute Gasteiger partial charge is 0.378 e. The lowest BCUT2D eigenvalue weighted by Crippen LogP contribution is -2.13. The van der Waals surface area contributed by atoms with Crippen LogP contribution >= 0.6 is 23.2 Å². The molecule has 2 aromatic carbocycles. The number of benzene rings is 2. The Kier molecular flexibility index (Phi) is 8.88. The highest BCUT2D eigenvalue weighted by atomic mass is 35.5. The van der Waals surface area contributed by atoms with E-state index in [2.05, 4.69) is 0 Å². The molecule has 0 aliphatic heterocycles. The number of halogens is 2. The van der Waals surface area contributed by atoms with Gasteiger partial charge in [-0.15, -0.1) is 23.2 Å². The van der Waals surface area contributed by atoms with Crippen molar-refractivity contribution in [3.63, 3.8) is 0 Å². The lowest BCUT2D eigenvalue weighted by atomic mass is 9.99. The molecule has 0 spiro atoms. The molecule has 8 heteroatoms. The molecule has 0 N–H and O–H groups in total. The van der Waals surface area contributed by atoms with Crippen molar-refractivity contribution >= 4 is 44.6 Å². The van der Waals surface area contributed by atoms with Crippen molar-refractivity contribution in [2.24, 2.45) is 0 Å². The summed E-state index contributed by atoms with van der Waals surface area (Å²) < 4.78 is 32.9. The number of alkyl halides is 2. The highest BCUT2D eigenvalue weighted by Gasteiger charge is 2.23. The summed E-state index contributed by atoms with van der Waals surface area (Å²) in [6.45, 7) is 9.11. The SMILES string of the molecule is CC(Cl)Cl.CCc1cc2ccccn2c1C(=O)c1cc(C)c(OS(=O)(=O)c2ccc(C)cc2)c(C)c1. The van der Waals surface area contributed by atoms with Crippen LogP contribution in [0.5, 0.6) is 5.75 Å². The van der Waals surface area contributed by atoms with E-state index in [9.17, 15) is 13.2 Å². The van der Waals surface area contributed by atoms with Gasteiger partial charge in [0.25, 0.3) is 0 Å². The fourth-order valence-corrected chi connectivity index (χ4v) is 4.96. The highest BCUT2D eigenvalue weighted by molar-refractivity contribution is 7.87. The number of aryl methyl sites for hydroxylation is 4. The van der Waals surface area contributed by atoms with Crippen molar-refractivity contribution in [3.8, 4) is 5.75 Å². The first-order chi connectivity index (χ1) is 16.9. The molecule has 0 saturated heterocycles. The number of ketones is 1. The van der Waals surface area contributed by atoms with E-state index in [0.29, 0.717) is 22.4 Å². The van der Waals surface area contributed by atoms with E-state index in [0.717, 1.165) is 23.1 Å². The third kappa shape index (κ3) is 6.30. The summed E-state index contributed by atoms with van der Waals surface area (Å²) in [6, 6.07) is 17.7. The normalized spacial score (nSPS) is 11.3. The van der Waals surface area contributed by atoms with Gasteiger partial charge in [0.2, 0.25) is 5.78 Å². The summed E-state index contributed by atoms with van der Waals surface area (Å²) in [6.07, 6.45) is 2.61. The smallest absolute Gasteiger partial charge is 0.339 e. The lowest BCUT2D eigenvalue weighted by Gasteiger charge is -2.14. The van der Waals surface area contributed by atoms with Gasteiger partial charge in [-0.25, -0.2) is 0 Å². The number of fused-ring (bicyclic) bond motifs is 1. The Morgan fingerprint density at radius 2 is 1.56 bits per heavy atom. The number of aromatic nitrogens is 1. The van der Waals surface area contributed by atoms with E-state index in [1.807, 2.05) is 48.7 Å². The van der Waals surface area contributed by atoms with Gasteiger partial charge < -0.3 is 8.58 Å². The summed E-state index contributed by atoms with van der Waals surface area (Å²) in [5, 5.41) is 0. The molecule has 0 unspecified atom stereocenters. The van der Waals surface area contributed by atoms with Crippen LogP contribution in [0.25, 0.3) is 5.52 Å². The summed E-state index contributed by atoms with van der Waals surface area (Å²) in [5.41, 5.74) is 5.19. The minimum atomic E-state index is -3.98. The first-order valence-corrected chi connectivity index (χ1v) is 13.8. The second-order valence-corrected chi connectivity index (χ2v) is 11.6. The zero-order chi connectivity index (χ0) is 26.6. The molecule has 4 aromatic rings. The van der Waals surface area contributed by atoms with Crippen LogP contribution in [0.1, 0.15) is 52.2 Å². The van der Waals surface area contributed by atoms with Gasteiger partial charge >= 0.3 is 10.1 Å².